The quantitative estimate of drug-likeness (QED) is 0.621. The molecular formula is C19H21Cl3N6O. The summed E-state index contributed by atoms with van der Waals surface area (Å²) in [5.74, 6) is 0.0490. The SMILES string of the molecule is Cl.O=C(Nc1ncnc2c1cnn2CCN1CCCCC1)c1ccc(Cl)cc1Cl. The van der Waals surface area contributed by atoms with Crippen LogP contribution in [-0.2, 0) is 6.54 Å². The fourth-order valence-corrected chi connectivity index (χ4v) is 3.92. The fourth-order valence-electron chi connectivity index (χ4n) is 3.42. The number of aromatic nitrogens is 4. The lowest BCUT2D eigenvalue weighted by Gasteiger charge is -2.26. The van der Waals surface area contributed by atoms with E-state index in [0.29, 0.717) is 27.4 Å². The number of amides is 1. The molecule has 0 saturated carbocycles. The van der Waals surface area contributed by atoms with Crippen LogP contribution in [-0.4, -0.2) is 50.2 Å². The summed E-state index contributed by atoms with van der Waals surface area (Å²) >= 11 is 12.0. The van der Waals surface area contributed by atoms with Crippen molar-refractivity contribution in [3.8, 4) is 0 Å². The van der Waals surface area contributed by atoms with Gasteiger partial charge in [0.05, 0.1) is 28.7 Å². The highest BCUT2D eigenvalue weighted by Gasteiger charge is 2.16. The normalized spacial score (nSPS) is 14.6. The molecule has 3 aromatic rings. The second kappa shape index (κ2) is 9.71. The van der Waals surface area contributed by atoms with E-state index in [4.69, 9.17) is 23.2 Å². The summed E-state index contributed by atoms with van der Waals surface area (Å²) in [4.78, 5) is 23.6. The molecule has 1 aliphatic heterocycles. The lowest BCUT2D eigenvalue weighted by atomic mass is 10.1. The summed E-state index contributed by atoms with van der Waals surface area (Å²) in [7, 11) is 0. The number of fused-ring (bicyclic) bond motifs is 1. The van der Waals surface area contributed by atoms with E-state index in [9.17, 15) is 4.79 Å². The van der Waals surface area contributed by atoms with E-state index in [1.165, 1.54) is 31.7 Å². The smallest absolute Gasteiger partial charge is 0.258 e. The summed E-state index contributed by atoms with van der Waals surface area (Å²) < 4.78 is 1.86. The van der Waals surface area contributed by atoms with Gasteiger partial charge in [0.1, 0.15) is 12.1 Å². The van der Waals surface area contributed by atoms with E-state index in [1.807, 2.05) is 4.68 Å². The van der Waals surface area contributed by atoms with Gasteiger partial charge >= 0.3 is 0 Å². The highest BCUT2D eigenvalue weighted by atomic mass is 35.5. The van der Waals surface area contributed by atoms with Gasteiger partial charge in [-0.1, -0.05) is 29.6 Å². The first-order valence-electron chi connectivity index (χ1n) is 9.27. The highest BCUT2D eigenvalue weighted by molar-refractivity contribution is 6.37. The maximum atomic E-state index is 12.6. The van der Waals surface area contributed by atoms with Crippen LogP contribution in [0.1, 0.15) is 29.6 Å². The van der Waals surface area contributed by atoms with Crippen LogP contribution in [0.2, 0.25) is 10.0 Å². The molecule has 1 fully saturated rings. The molecule has 3 heterocycles. The number of rotatable bonds is 5. The lowest BCUT2D eigenvalue weighted by Crippen LogP contribution is -2.32. The van der Waals surface area contributed by atoms with Crippen LogP contribution < -0.4 is 5.32 Å². The zero-order valence-electron chi connectivity index (χ0n) is 15.6. The van der Waals surface area contributed by atoms with Crippen molar-refractivity contribution < 1.29 is 4.79 Å². The molecule has 0 spiro atoms. The van der Waals surface area contributed by atoms with E-state index in [2.05, 4.69) is 25.3 Å². The van der Waals surface area contributed by atoms with Crippen LogP contribution in [0, 0.1) is 0 Å². The lowest BCUT2D eigenvalue weighted by molar-refractivity contribution is 0.102. The third kappa shape index (κ3) is 4.98. The number of hydrogen-bond donors (Lipinski definition) is 1. The van der Waals surface area contributed by atoms with E-state index in [1.54, 1.807) is 18.3 Å². The third-order valence-corrected chi connectivity index (χ3v) is 5.47. The number of nitrogens with zero attached hydrogens (tertiary/aromatic N) is 5. The average molecular weight is 456 g/mol. The van der Waals surface area contributed by atoms with Crippen molar-refractivity contribution in [2.75, 3.05) is 25.0 Å². The number of hydrogen-bond acceptors (Lipinski definition) is 5. The maximum absolute atomic E-state index is 12.6. The molecule has 7 nitrogen and oxygen atoms in total. The number of nitrogens with one attached hydrogen (secondary N) is 1. The molecular weight excluding hydrogens is 435 g/mol. The second-order valence-corrected chi connectivity index (χ2v) is 7.65. The largest absolute Gasteiger partial charge is 0.306 e. The first kappa shape index (κ1) is 21.8. The Morgan fingerprint density at radius 1 is 1.10 bits per heavy atom. The standard InChI is InChI=1S/C19H20Cl2N6O.ClH/c20-13-4-5-14(16(21)10-13)19(28)25-17-15-11-24-27(18(15)23-12-22-17)9-8-26-6-2-1-3-7-26;/h4-5,10-12H,1-3,6-9H2,(H,22,23,25,28);1H. The summed E-state index contributed by atoms with van der Waals surface area (Å²) in [6.45, 7) is 3.95. The number of piperidine rings is 1. The van der Waals surface area contributed by atoms with Gasteiger partial charge in [-0.2, -0.15) is 5.10 Å². The van der Waals surface area contributed by atoms with Gasteiger partial charge in [-0.25, -0.2) is 14.6 Å². The van der Waals surface area contributed by atoms with Gasteiger partial charge in [0.15, 0.2) is 5.65 Å². The van der Waals surface area contributed by atoms with Crippen LogP contribution in [0.15, 0.2) is 30.7 Å². The van der Waals surface area contributed by atoms with Gasteiger partial charge in [0.2, 0.25) is 0 Å². The Kier molecular flexibility index (Phi) is 7.29. The summed E-state index contributed by atoms with van der Waals surface area (Å²) in [5, 5.41) is 8.69. The molecule has 0 atom stereocenters. The Balaban J connectivity index is 0.00000240. The minimum Gasteiger partial charge on any atom is -0.306 e. The van der Waals surface area contributed by atoms with E-state index in [0.717, 1.165) is 26.2 Å². The van der Waals surface area contributed by atoms with Gasteiger partial charge in [0.25, 0.3) is 5.91 Å². The van der Waals surface area contributed by atoms with Gasteiger partial charge in [0, 0.05) is 11.6 Å². The Morgan fingerprint density at radius 3 is 2.66 bits per heavy atom. The third-order valence-electron chi connectivity index (χ3n) is 4.92. The highest BCUT2D eigenvalue weighted by Crippen LogP contribution is 2.24. The zero-order valence-corrected chi connectivity index (χ0v) is 18.0. The Hall–Kier alpha value is -1.93. The average Bonchev–Trinajstić information content (AvgIpc) is 3.11. The molecule has 10 heteroatoms. The number of carbonyl (C=O) groups is 1. The van der Waals surface area contributed by atoms with Gasteiger partial charge < -0.3 is 10.2 Å². The molecule has 0 radical (unpaired) electrons. The predicted molar refractivity (Wildman–Crippen MR) is 117 cm³/mol. The van der Waals surface area contributed by atoms with Crippen molar-refractivity contribution in [2.24, 2.45) is 0 Å². The summed E-state index contributed by atoms with van der Waals surface area (Å²) in [5.41, 5.74) is 1.03. The Morgan fingerprint density at radius 2 is 1.90 bits per heavy atom. The second-order valence-electron chi connectivity index (χ2n) is 6.81. The Bertz CT molecular complexity index is 1000. The molecule has 1 N–H and O–H groups in total. The van der Waals surface area contributed by atoms with Crippen molar-refractivity contribution >= 4 is 58.4 Å². The zero-order chi connectivity index (χ0) is 19.5. The minimum atomic E-state index is -0.359. The number of likely N-dealkylation sites (tertiary alicyclic amines) is 1. The molecule has 1 aromatic carbocycles. The van der Waals surface area contributed by atoms with Crippen molar-refractivity contribution in [2.45, 2.75) is 25.8 Å². The number of benzene rings is 1. The van der Waals surface area contributed by atoms with Crippen LogP contribution in [0.3, 0.4) is 0 Å². The number of halogens is 3. The van der Waals surface area contributed by atoms with Gasteiger partial charge in [-0.05, 0) is 44.1 Å². The molecule has 154 valence electrons. The van der Waals surface area contributed by atoms with Gasteiger partial charge in [-0.15, -0.1) is 12.4 Å². The molecule has 1 aliphatic rings. The molecule has 29 heavy (non-hydrogen) atoms. The van der Waals surface area contributed by atoms with Crippen LogP contribution in [0.5, 0.6) is 0 Å². The number of anilines is 1. The molecule has 0 aliphatic carbocycles. The summed E-state index contributed by atoms with van der Waals surface area (Å²) in [6, 6.07) is 4.74. The topological polar surface area (TPSA) is 75.9 Å². The molecule has 1 saturated heterocycles. The van der Waals surface area contributed by atoms with Crippen molar-refractivity contribution in [3.63, 3.8) is 0 Å². The van der Waals surface area contributed by atoms with E-state index in [-0.39, 0.29) is 23.3 Å². The molecule has 0 unspecified atom stereocenters. The maximum Gasteiger partial charge on any atom is 0.258 e. The van der Waals surface area contributed by atoms with E-state index < -0.39 is 0 Å². The molecule has 1 amide bonds. The minimum absolute atomic E-state index is 0. The van der Waals surface area contributed by atoms with E-state index >= 15 is 0 Å². The van der Waals surface area contributed by atoms with Crippen molar-refractivity contribution in [1.29, 1.82) is 0 Å². The van der Waals surface area contributed by atoms with Crippen molar-refractivity contribution in [1.82, 2.24) is 24.6 Å². The molecule has 2 aromatic heterocycles. The first-order chi connectivity index (χ1) is 13.6. The van der Waals surface area contributed by atoms with Crippen molar-refractivity contribution in [3.05, 3.63) is 46.3 Å². The van der Waals surface area contributed by atoms with Crippen LogP contribution in [0.25, 0.3) is 11.0 Å². The first-order valence-corrected chi connectivity index (χ1v) is 10.0. The predicted octanol–water partition coefficient (Wildman–Crippen LogP) is 4.29. The number of carbonyl (C=O) groups excluding carboxylic acids is 1. The van der Waals surface area contributed by atoms with Gasteiger partial charge in [-0.3, -0.25) is 4.79 Å². The van der Waals surface area contributed by atoms with Crippen LogP contribution >= 0.6 is 35.6 Å². The fraction of sp³-hybridized carbons (Fsp3) is 0.368. The Labute approximate surface area is 184 Å². The monoisotopic (exact) mass is 454 g/mol. The summed E-state index contributed by atoms with van der Waals surface area (Å²) in [6.07, 6.45) is 6.94. The molecule has 0 bridgehead atoms. The molecule has 4 rings (SSSR count). The van der Waals surface area contributed by atoms with Crippen LogP contribution in [0.4, 0.5) is 5.82 Å².